The predicted octanol–water partition coefficient (Wildman–Crippen LogP) is 2.01. The van der Waals surface area contributed by atoms with Crippen molar-refractivity contribution in [3.8, 4) is 0 Å². The lowest BCUT2D eigenvalue weighted by molar-refractivity contribution is 0.253. The first kappa shape index (κ1) is 14.8. The number of anilines is 1. The lowest BCUT2D eigenvalue weighted by Crippen LogP contribution is -2.47. The number of rotatable bonds is 5. The fourth-order valence-corrected chi connectivity index (χ4v) is 2.89. The number of hydrogen-bond donors (Lipinski definition) is 1. The van der Waals surface area contributed by atoms with E-state index in [4.69, 9.17) is 5.73 Å². The van der Waals surface area contributed by atoms with Crippen molar-refractivity contribution in [2.24, 2.45) is 5.73 Å². The maximum Gasteiger partial charge on any atom is 0.143 e. The smallest absolute Gasteiger partial charge is 0.143 e. The molecule has 106 valence electrons. The van der Waals surface area contributed by atoms with Crippen molar-refractivity contribution < 1.29 is 0 Å². The van der Waals surface area contributed by atoms with E-state index in [-0.39, 0.29) is 0 Å². The van der Waals surface area contributed by atoms with Gasteiger partial charge in [0.2, 0.25) is 0 Å². The number of aryl methyl sites for hydroxylation is 1. The summed E-state index contributed by atoms with van der Waals surface area (Å²) < 4.78 is 1.13. The van der Waals surface area contributed by atoms with Gasteiger partial charge in [-0.3, -0.25) is 4.90 Å². The average Bonchev–Trinajstić information content (AvgIpc) is 2.43. The third-order valence-electron chi connectivity index (χ3n) is 3.66. The Morgan fingerprint density at radius 2 is 2.00 bits per heavy atom. The van der Waals surface area contributed by atoms with Crippen LogP contribution in [0.1, 0.15) is 18.4 Å². The van der Waals surface area contributed by atoms with Crippen LogP contribution in [0, 0.1) is 6.92 Å². The van der Waals surface area contributed by atoms with Crippen LogP contribution in [0.2, 0.25) is 0 Å². The van der Waals surface area contributed by atoms with Gasteiger partial charge < -0.3 is 10.6 Å². The Bertz CT molecular complexity index is 402. The Hall–Kier alpha value is -0.650. The SMILES string of the molecule is Cc1ccnc(N2CCN(CCCCN)CC2)c1Br. The molecule has 1 aromatic heterocycles. The minimum atomic E-state index is 0.806. The highest BCUT2D eigenvalue weighted by Crippen LogP contribution is 2.27. The molecule has 0 radical (unpaired) electrons. The molecule has 0 aliphatic carbocycles. The zero-order valence-electron chi connectivity index (χ0n) is 11.6. The molecule has 0 saturated carbocycles. The third-order valence-corrected chi connectivity index (χ3v) is 4.64. The first-order valence-corrected chi connectivity index (χ1v) is 7.80. The quantitative estimate of drug-likeness (QED) is 0.841. The summed E-state index contributed by atoms with van der Waals surface area (Å²) >= 11 is 3.65. The predicted molar refractivity (Wildman–Crippen MR) is 83.6 cm³/mol. The molecule has 1 aromatic rings. The molecule has 4 nitrogen and oxygen atoms in total. The van der Waals surface area contributed by atoms with Gasteiger partial charge >= 0.3 is 0 Å². The summed E-state index contributed by atoms with van der Waals surface area (Å²) in [5, 5.41) is 0. The van der Waals surface area contributed by atoms with E-state index in [2.05, 4.69) is 37.6 Å². The van der Waals surface area contributed by atoms with Crippen LogP contribution in [0.15, 0.2) is 16.7 Å². The molecule has 0 aromatic carbocycles. The van der Waals surface area contributed by atoms with Gasteiger partial charge in [0.15, 0.2) is 0 Å². The van der Waals surface area contributed by atoms with Gasteiger partial charge in [0, 0.05) is 32.4 Å². The Labute approximate surface area is 124 Å². The third kappa shape index (κ3) is 3.91. The number of nitrogens with zero attached hydrogens (tertiary/aromatic N) is 3. The van der Waals surface area contributed by atoms with Crippen LogP contribution in [0.4, 0.5) is 5.82 Å². The molecule has 1 aliphatic heterocycles. The summed E-state index contributed by atoms with van der Waals surface area (Å²) in [5.74, 6) is 1.08. The zero-order chi connectivity index (χ0) is 13.7. The van der Waals surface area contributed by atoms with E-state index >= 15 is 0 Å². The van der Waals surface area contributed by atoms with E-state index in [0.717, 1.165) is 49.4 Å². The molecule has 0 spiro atoms. The maximum absolute atomic E-state index is 5.53. The monoisotopic (exact) mass is 326 g/mol. The number of piperazine rings is 1. The molecule has 0 atom stereocenters. The van der Waals surface area contributed by atoms with Crippen LogP contribution in [0.25, 0.3) is 0 Å². The van der Waals surface area contributed by atoms with Crippen molar-refractivity contribution in [2.75, 3.05) is 44.2 Å². The summed E-state index contributed by atoms with van der Waals surface area (Å²) in [4.78, 5) is 9.40. The van der Waals surface area contributed by atoms with Gasteiger partial charge in [-0.15, -0.1) is 0 Å². The van der Waals surface area contributed by atoms with Crippen LogP contribution in [0.5, 0.6) is 0 Å². The van der Waals surface area contributed by atoms with E-state index < -0.39 is 0 Å². The van der Waals surface area contributed by atoms with Crippen LogP contribution < -0.4 is 10.6 Å². The number of nitrogens with two attached hydrogens (primary N) is 1. The average molecular weight is 327 g/mol. The minimum Gasteiger partial charge on any atom is -0.353 e. The molecule has 2 N–H and O–H groups in total. The Kier molecular flexibility index (Phi) is 5.60. The van der Waals surface area contributed by atoms with E-state index in [1.54, 1.807) is 0 Å². The first-order valence-electron chi connectivity index (χ1n) is 7.01. The number of halogens is 1. The van der Waals surface area contributed by atoms with Crippen LogP contribution in [-0.4, -0.2) is 49.2 Å². The molecular formula is C14H23BrN4. The fourth-order valence-electron chi connectivity index (χ4n) is 2.41. The number of unbranched alkanes of at least 4 members (excludes halogenated alkanes) is 1. The second-order valence-electron chi connectivity index (χ2n) is 5.09. The zero-order valence-corrected chi connectivity index (χ0v) is 13.2. The van der Waals surface area contributed by atoms with Gasteiger partial charge in [-0.25, -0.2) is 4.98 Å². The van der Waals surface area contributed by atoms with Crippen molar-refractivity contribution in [3.63, 3.8) is 0 Å². The summed E-state index contributed by atoms with van der Waals surface area (Å²) in [5.41, 5.74) is 6.78. The van der Waals surface area contributed by atoms with E-state index in [0.29, 0.717) is 0 Å². The highest BCUT2D eigenvalue weighted by molar-refractivity contribution is 9.10. The second-order valence-corrected chi connectivity index (χ2v) is 5.88. The van der Waals surface area contributed by atoms with Gasteiger partial charge in [0.05, 0.1) is 4.47 Å². The summed E-state index contributed by atoms with van der Waals surface area (Å²) in [6, 6.07) is 2.04. The van der Waals surface area contributed by atoms with Gasteiger partial charge in [-0.05, 0) is 60.4 Å². The van der Waals surface area contributed by atoms with Crippen LogP contribution >= 0.6 is 15.9 Å². The Morgan fingerprint density at radius 3 is 2.68 bits per heavy atom. The molecule has 5 heteroatoms. The molecule has 1 aliphatic rings. The van der Waals surface area contributed by atoms with Gasteiger partial charge in [-0.1, -0.05) is 0 Å². The minimum absolute atomic E-state index is 0.806. The molecule has 0 amide bonds. The van der Waals surface area contributed by atoms with Gasteiger partial charge in [0.25, 0.3) is 0 Å². The Morgan fingerprint density at radius 1 is 1.26 bits per heavy atom. The highest BCUT2D eigenvalue weighted by atomic mass is 79.9. The molecule has 2 rings (SSSR count). The molecule has 0 unspecified atom stereocenters. The van der Waals surface area contributed by atoms with E-state index in [9.17, 15) is 0 Å². The summed E-state index contributed by atoms with van der Waals surface area (Å²) in [6.45, 7) is 8.43. The van der Waals surface area contributed by atoms with E-state index in [1.165, 1.54) is 18.5 Å². The fraction of sp³-hybridized carbons (Fsp3) is 0.643. The van der Waals surface area contributed by atoms with Crippen molar-refractivity contribution in [2.45, 2.75) is 19.8 Å². The Balaban J connectivity index is 1.87. The standard InChI is InChI=1S/C14H23BrN4/c1-12-4-6-17-14(13(12)15)19-10-8-18(9-11-19)7-3-2-5-16/h4,6H,2-3,5,7-11,16H2,1H3. The highest BCUT2D eigenvalue weighted by Gasteiger charge is 2.19. The largest absolute Gasteiger partial charge is 0.353 e. The number of hydrogen-bond acceptors (Lipinski definition) is 4. The topological polar surface area (TPSA) is 45.4 Å². The van der Waals surface area contributed by atoms with Crippen molar-refractivity contribution in [3.05, 3.63) is 22.3 Å². The first-order chi connectivity index (χ1) is 9.22. The van der Waals surface area contributed by atoms with Crippen molar-refractivity contribution in [1.29, 1.82) is 0 Å². The van der Waals surface area contributed by atoms with E-state index in [1.807, 2.05) is 12.3 Å². The van der Waals surface area contributed by atoms with Gasteiger partial charge in [-0.2, -0.15) is 0 Å². The molecule has 1 saturated heterocycles. The lowest BCUT2D eigenvalue weighted by atomic mass is 10.2. The number of aromatic nitrogens is 1. The summed E-state index contributed by atoms with van der Waals surface area (Å²) in [7, 11) is 0. The normalized spacial score (nSPS) is 16.9. The van der Waals surface area contributed by atoms with Crippen molar-refractivity contribution in [1.82, 2.24) is 9.88 Å². The molecule has 1 fully saturated rings. The maximum atomic E-state index is 5.53. The second kappa shape index (κ2) is 7.22. The lowest BCUT2D eigenvalue weighted by Gasteiger charge is -2.36. The molecule has 19 heavy (non-hydrogen) atoms. The van der Waals surface area contributed by atoms with Crippen LogP contribution in [0.3, 0.4) is 0 Å². The van der Waals surface area contributed by atoms with Crippen LogP contribution in [-0.2, 0) is 0 Å². The van der Waals surface area contributed by atoms with Gasteiger partial charge in [0.1, 0.15) is 5.82 Å². The van der Waals surface area contributed by atoms with Crippen molar-refractivity contribution >= 4 is 21.7 Å². The molecular weight excluding hydrogens is 304 g/mol. The number of pyridine rings is 1. The molecule has 2 heterocycles. The molecule has 0 bridgehead atoms. The summed E-state index contributed by atoms with van der Waals surface area (Å²) in [6.07, 6.45) is 4.23.